The van der Waals surface area contributed by atoms with E-state index in [1.165, 1.54) is 0 Å². The van der Waals surface area contributed by atoms with E-state index in [0.29, 0.717) is 0 Å². The molecule has 1 saturated heterocycles. The summed E-state index contributed by atoms with van der Waals surface area (Å²) in [7, 11) is 0. The number of carboxylic acids is 1. The maximum Gasteiger partial charge on any atom is 0.0929 e. The number of piperidine rings is 1. The largest absolute Gasteiger partial charge is 0.550 e. The van der Waals surface area contributed by atoms with E-state index in [1.807, 2.05) is 0 Å². The second kappa shape index (κ2) is 5.64. The van der Waals surface area contributed by atoms with Crippen molar-refractivity contribution in [2.24, 2.45) is 5.41 Å². The van der Waals surface area contributed by atoms with Crippen LogP contribution in [0.3, 0.4) is 0 Å². The number of hydrogen-bond acceptors (Lipinski definition) is 3. The quantitative estimate of drug-likeness (QED) is 0.577. The van der Waals surface area contributed by atoms with Crippen LogP contribution >= 0.6 is 0 Å². The fourth-order valence-corrected chi connectivity index (χ4v) is 1.46. The molecule has 1 aliphatic rings. The normalized spacial score (nSPS) is 24.2. The molecular weight excluding hydrogens is 206 g/mol. The van der Waals surface area contributed by atoms with Gasteiger partial charge < -0.3 is 20.3 Å². The third kappa shape index (κ3) is 6.80. The molecule has 16 heavy (non-hydrogen) atoms. The highest BCUT2D eigenvalue weighted by Crippen LogP contribution is 2.11. The Morgan fingerprint density at radius 2 is 1.88 bits per heavy atom. The van der Waals surface area contributed by atoms with Gasteiger partial charge in [-0.15, -0.1) is 0 Å². The van der Waals surface area contributed by atoms with Gasteiger partial charge in [0.15, 0.2) is 0 Å². The number of aliphatic hydroxyl groups excluding tert-OH is 1. The van der Waals surface area contributed by atoms with E-state index in [4.69, 9.17) is 0 Å². The molecule has 0 amide bonds. The summed E-state index contributed by atoms with van der Waals surface area (Å²) in [5, 5.41) is 21.4. The van der Waals surface area contributed by atoms with Crippen LogP contribution in [0.4, 0.5) is 0 Å². The maximum atomic E-state index is 9.91. The molecule has 0 radical (unpaired) electrons. The van der Waals surface area contributed by atoms with Crippen LogP contribution in [0.25, 0.3) is 0 Å². The van der Waals surface area contributed by atoms with Gasteiger partial charge in [-0.25, -0.2) is 0 Å². The summed E-state index contributed by atoms with van der Waals surface area (Å²) >= 11 is 0. The average molecular weight is 231 g/mol. The highest BCUT2D eigenvalue weighted by atomic mass is 16.4. The van der Waals surface area contributed by atoms with Gasteiger partial charge in [0.05, 0.1) is 18.2 Å². The van der Waals surface area contributed by atoms with Gasteiger partial charge in [-0.3, -0.25) is 0 Å². The molecule has 0 saturated carbocycles. The van der Waals surface area contributed by atoms with Crippen molar-refractivity contribution >= 4 is 5.97 Å². The molecule has 4 nitrogen and oxygen atoms in total. The van der Waals surface area contributed by atoms with Crippen LogP contribution in [0.2, 0.25) is 0 Å². The second-order valence-electron chi connectivity index (χ2n) is 6.17. The van der Waals surface area contributed by atoms with Crippen molar-refractivity contribution in [3.05, 3.63) is 0 Å². The minimum Gasteiger partial charge on any atom is -0.550 e. The molecule has 1 unspecified atom stereocenters. The minimum atomic E-state index is -1.01. The van der Waals surface area contributed by atoms with Crippen molar-refractivity contribution < 1.29 is 20.3 Å². The second-order valence-corrected chi connectivity index (χ2v) is 6.17. The molecule has 96 valence electrons. The van der Waals surface area contributed by atoms with E-state index >= 15 is 0 Å². The molecule has 0 aromatic carbocycles. The lowest BCUT2D eigenvalue weighted by molar-refractivity contribution is -0.731. The Labute approximate surface area is 98.1 Å². The number of quaternary nitrogens is 1. The Bertz CT molecular complexity index is 231. The molecule has 0 bridgehead atoms. The minimum absolute atomic E-state index is 0.0509. The van der Waals surface area contributed by atoms with E-state index in [-0.39, 0.29) is 11.6 Å². The van der Waals surface area contributed by atoms with Crippen molar-refractivity contribution in [1.82, 2.24) is 0 Å². The summed E-state index contributed by atoms with van der Waals surface area (Å²) in [6.07, 6.45) is 1.85. The summed E-state index contributed by atoms with van der Waals surface area (Å²) < 4.78 is 0. The van der Waals surface area contributed by atoms with Crippen molar-refractivity contribution in [3.8, 4) is 0 Å². The van der Waals surface area contributed by atoms with Gasteiger partial charge in [-0.2, -0.15) is 0 Å². The average Bonchev–Trinajstić information content (AvgIpc) is 2.00. The Morgan fingerprint density at radius 1 is 1.44 bits per heavy atom. The van der Waals surface area contributed by atoms with Crippen LogP contribution in [0.15, 0.2) is 0 Å². The topological polar surface area (TPSA) is 77.0 Å². The smallest absolute Gasteiger partial charge is 0.0929 e. The molecule has 1 heterocycles. The molecule has 1 aliphatic heterocycles. The van der Waals surface area contributed by atoms with E-state index in [9.17, 15) is 15.0 Å². The Morgan fingerprint density at radius 3 is 2.06 bits per heavy atom. The number of aliphatic carboxylic acids is 1. The first kappa shape index (κ1) is 15.4. The SMILES string of the molecule is CC(C)(C)C(=O)[O-].CC1(C)CC(O)CC[NH2+]1. The molecule has 1 atom stereocenters. The van der Waals surface area contributed by atoms with Gasteiger partial charge in [-0.05, 0) is 13.8 Å². The zero-order chi connectivity index (χ0) is 13.0. The zero-order valence-corrected chi connectivity index (χ0v) is 11.0. The molecule has 1 rings (SSSR count). The summed E-state index contributed by atoms with van der Waals surface area (Å²) in [5.74, 6) is -1.01. The van der Waals surface area contributed by atoms with Gasteiger partial charge in [-0.1, -0.05) is 20.8 Å². The molecular formula is C12H25NO3. The molecule has 0 aromatic heterocycles. The number of carboxylic acid groups (broad SMARTS) is 1. The van der Waals surface area contributed by atoms with E-state index in [2.05, 4.69) is 19.2 Å². The summed E-state index contributed by atoms with van der Waals surface area (Å²) in [6, 6.07) is 0. The lowest BCUT2D eigenvalue weighted by Gasteiger charge is -2.30. The van der Waals surface area contributed by atoms with Crippen molar-refractivity contribution in [3.63, 3.8) is 0 Å². The number of aliphatic hydroxyl groups is 1. The predicted octanol–water partition coefficient (Wildman–Crippen LogP) is -0.734. The van der Waals surface area contributed by atoms with Gasteiger partial charge in [0.2, 0.25) is 0 Å². The van der Waals surface area contributed by atoms with Gasteiger partial charge in [0.25, 0.3) is 0 Å². The third-order valence-electron chi connectivity index (χ3n) is 2.57. The fourth-order valence-electron chi connectivity index (χ4n) is 1.46. The molecule has 0 aliphatic carbocycles. The van der Waals surface area contributed by atoms with Crippen molar-refractivity contribution in [1.29, 1.82) is 0 Å². The lowest BCUT2D eigenvalue weighted by Crippen LogP contribution is -2.97. The molecule has 4 heteroatoms. The van der Waals surface area contributed by atoms with Crippen LogP contribution in [0.5, 0.6) is 0 Å². The predicted molar refractivity (Wildman–Crippen MR) is 60.6 cm³/mol. The lowest BCUT2D eigenvalue weighted by atomic mass is 9.91. The Balaban J connectivity index is 0.000000293. The summed E-state index contributed by atoms with van der Waals surface area (Å²) in [5.41, 5.74) is -0.419. The highest BCUT2D eigenvalue weighted by molar-refractivity contribution is 5.70. The van der Waals surface area contributed by atoms with Gasteiger partial charge in [0.1, 0.15) is 0 Å². The third-order valence-corrected chi connectivity index (χ3v) is 2.57. The Kier molecular flexibility index (Phi) is 5.42. The number of hydrogen-bond donors (Lipinski definition) is 2. The van der Waals surface area contributed by atoms with E-state index in [1.54, 1.807) is 20.8 Å². The Hall–Kier alpha value is -0.610. The molecule has 3 N–H and O–H groups in total. The van der Waals surface area contributed by atoms with E-state index in [0.717, 1.165) is 19.4 Å². The van der Waals surface area contributed by atoms with Crippen LogP contribution in [-0.2, 0) is 4.79 Å². The zero-order valence-electron chi connectivity index (χ0n) is 11.0. The molecule has 0 spiro atoms. The maximum absolute atomic E-state index is 9.91. The monoisotopic (exact) mass is 231 g/mol. The number of nitrogens with two attached hydrogens (primary N) is 1. The number of carbonyl (C=O) groups is 1. The van der Waals surface area contributed by atoms with Crippen molar-refractivity contribution in [2.75, 3.05) is 6.54 Å². The fraction of sp³-hybridized carbons (Fsp3) is 0.917. The first-order valence-electron chi connectivity index (χ1n) is 5.78. The first-order valence-corrected chi connectivity index (χ1v) is 5.78. The molecule has 1 fully saturated rings. The van der Waals surface area contributed by atoms with Gasteiger partial charge >= 0.3 is 0 Å². The van der Waals surface area contributed by atoms with Crippen LogP contribution in [0.1, 0.15) is 47.5 Å². The summed E-state index contributed by atoms with van der Waals surface area (Å²) in [6.45, 7) is 10.2. The van der Waals surface area contributed by atoms with Crippen LogP contribution in [-0.4, -0.2) is 29.3 Å². The standard InChI is InChI=1S/C7H15NO.C5H10O2/c1-7(2)5-6(9)3-4-8-7;1-5(2,3)4(6)7/h6,8-9H,3-5H2,1-2H3;1-3H3,(H,6,7). The van der Waals surface area contributed by atoms with Crippen LogP contribution < -0.4 is 10.4 Å². The number of carbonyl (C=O) groups excluding carboxylic acids is 1. The number of rotatable bonds is 0. The summed E-state index contributed by atoms with van der Waals surface area (Å²) in [4.78, 5) is 9.91. The molecule has 0 aromatic rings. The highest BCUT2D eigenvalue weighted by Gasteiger charge is 2.29. The van der Waals surface area contributed by atoms with Crippen molar-refractivity contribution in [2.45, 2.75) is 59.1 Å². The van der Waals surface area contributed by atoms with Crippen LogP contribution in [0, 0.1) is 5.41 Å². The first-order chi connectivity index (χ1) is 7.04. The van der Waals surface area contributed by atoms with E-state index < -0.39 is 11.4 Å². The van der Waals surface area contributed by atoms with Gasteiger partial charge in [0, 0.05) is 24.2 Å².